The van der Waals surface area contributed by atoms with E-state index < -0.39 is 15.7 Å². The summed E-state index contributed by atoms with van der Waals surface area (Å²) >= 11 is 0. The number of hydrogen-bond acceptors (Lipinski definition) is 6. The van der Waals surface area contributed by atoms with Crippen molar-refractivity contribution in [2.45, 2.75) is 11.7 Å². The number of nitrogens with zero attached hydrogens (tertiary/aromatic N) is 2. The van der Waals surface area contributed by atoms with Gasteiger partial charge in [0.2, 0.25) is 15.0 Å². The maximum Gasteiger partial charge on any atom is 0.274 e. The van der Waals surface area contributed by atoms with Gasteiger partial charge in [0.1, 0.15) is 22.9 Å². The molecule has 0 saturated carbocycles. The minimum absolute atomic E-state index is 0.0718. The van der Waals surface area contributed by atoms with Crippen LogP contribution in [0, 0.1) is 0 Å². The molecular weight excluding hydrogens is 394 g/mol. The van der Waals surface area contributed by atoms with Gasteiger partial charge in [-0.25, -0.2) is 13.4 Å². The molecule has 1 aliphatic heterocycles. The third-order valence-electron chi connectivity index (χ3n) is 4.67. The average Bonchev–Trinajstić information content (AvgIpc) is 3.25. The second-order valence-corrected chi connectivity index (χ2v) is 8.49. The van der Waals surface area contributed by atoms with Crippen LogP contribution in [0.4, 0.5) is 5.69 Å². The van der Waals surface area contributed by atoms with Crippen molar-refractivity contribution >= 4 is 21.4 Å². The Labute approximate surface area is 168 Å². The molecule has 0 unspecified atom stereocenters. The lowest BCUT2D eigenvalue weighted by Gasteiger charge is -2.11. The number of imidazole rings is 1. The molecule has 2 heterocycles. The molecule has 0 radical (unpaired) electrons. The number of carbonyl (C=O) groups is 1. The Bertz CT molecular complexity index is 1160. The van der Waals surface area contributed by atoms with E-state index in [1.54, 1.807) is 30.3 Å². The van der Waals surface area contributed by atoms with Crippen molar-refractivity contribution in [3.8, 4) is 22.8 Å². The number of rotatable bonds is 5. The van der Waals surface area contributed by atoms with Crippen molar-refractivity contribution in [2.75, 3.05) is 25.3 Å². The van der Waals surface area contributed by atoms with E-state index in [1.807, 2.05) is 18.2 Å². The van der Waals surface area contributed by atoms with Crippen molar-refractivity contribution < 1.29 is 22.7 Å². The fourth-order valence-corrected chi connectivity index (χ4v) is 4.63. The molecule has 0 aliphatic carbocycles. The van der Waals surface area contributed by atoms with Crippen molar-refractivity contribution in [1.82, 2.24) is 9.55 Å². The van der Waals surface area contributed by atoms with Gasteiger partial charge in [0.05, 0.1) is 20.0 Å². The van der Waals surface area contributed by atoms with E-state index in [0.29, 0.717) is 28.4 Å². The molecule has 0 spiro atoms. The summed E-state index contributed by atoms with van der Waals surface area (Å²) in [6, 6.07) is 14.0. The highest BCUT2D eigenvalue weighted by molar-refractivity contribution is 7.91. The van der Waals surface area contributed by atoms with Gasteiger partial charge in [-0.2, -0.15) is 0 Å². The molecule has 0 saturated heterocycles. The van der Waals surface area contributed by atoms with E-state index in [4.69, 9.17) is 9.47 Å². The molecule has 2 aromatic carbocycles. The minimum Gasteiger partial charge on any atom is -0.497 e. The first-order valence-electron chi connectivity index (χ1n) is 8.86. The van der Waals surface area contributed by atoms with Gasteiger partial charge >= 0.3 is 0 Å². The molecule has 0 fully saturated rings. The quantitative estimate of drug-likeness (QED) is 0.690. The number of nitrogens with one attached hydrogen (secondary N) is 1. The summed E-state index contributed by atoms with van der Waals surface area (Å²) < 4.78 is 36.6. The summed E-state index contributed by atoms with van der Waals surface area (Å²) in [7, 11) is -0.478. The van der Waals surface area contributed by atoms with Crippen LogP contribution in [0.1, 0.15) is 10.5 Å². The number of methoxy groups -OCH3 is 2. The predicted octanol–water partition coefficient (Wildman–Crippen LogP) is 2.61. The number of benzene rings is 2. The van der Waals surface area contributed by atoms with Crippen molar-refractivity contribution in [3.05, 3.63) is 54.2 Å². The number of hydrogen-bond donors (Lipinski definition) is 1. The summed E-state index contributed by atoms with van der Waals surface area (Å²) in [5.41, 5.74) is 1.66. The Balaban J connectivity index is 1.80. The van der Waals surface area contributed by atoms with Gasteiger partial charge in [-0.3, -0.25) is 4.79 Å². The molecule has 4 rings (SSSR count). The van der Waals surface area contributed by atoms with Crippen molar-refractivity contribution in [1.29, 1.82) is 0 Å². The van der Waals surface area contributed by atoms with Gasteiger partial charge in [-0.15, -0.1) is 0 Å². The molecule has 1 N–H and O–H groups in total. The van der Waals surface area contributed by atoms with Crippen LogP contribution >= 0.6 is 0 Å². The Kier molecular flexibility index (Phi) is 4.75. The van der Waals surface area contributed by atoms with Crippen LogP contribution in [0.2, 0.25) is 0 Å². The summed E-state index contributed by atoms with van der Waals surface area (Å²) in [4.78, 5) is 17.5. The summed E-state index contributed by atoms with van der Waals surface area (Å²) in [5, 5.41) is 2.73. The number of anilines is 1. The lowest BCUT2D eigenvalue weighted by atomic mass is 10.1. The second kappa shape index (κ2) is 7.25. The second-order valence-electron chi connectivity index (χ2n) is 6.48. The monoisotopic (exact) mass is 413 g/mol. The highest BCUT2D eigenvalue weighted by Gasteiger charge is 2.35. The SMILES string of the molecule is COc1cc(NC(=O)c2c(-c3ccccc3)nc3n2CCS3(=O)=O)cc(OC)c1. The maximum atomic E-state index is 13.2. The third-order valence-corrected chi connectivity index (χ3v) is 6.25. The van der Waals surface area contributed by atoms with E-state index >= 15 is 0 Å². The zero-order valence-corrected chi connectivity index (χ0v) is 16.7. The topological polar surface area (TPSA) is 99.5 Å². The van der Waals surface area contributed by atoms with Crippen LogP contribution in [-0.2, 0) is 16.4 Å². The fourth-order valence-electron chi connectivity index (χ4n) is 3.28. The van der Waals surface area contributed by atoms with Crippen LogP contribution < -0.4 is 14.8 Å². The lowest BCUT2D eigenvalue weighted by Crippen LogP contribution is -2.18. The first-order chi connectivity index (χ1) is 13.9. The predicted molar refractivity (Wildman–Crippen MR) is 107 cm³/mol. The molecule has 1 aromatic heterocycles. The Morgan fingerprint density at radius 1 is 1.07 bits per heavy atom. The third kappa shape index (κ3) is 3.44. The van der Waals surface area contributed by atoms with E-state index in [0.717, 1.165) is 0 Å². The summed E-state index contributed by atoms with van der Waals surface area (Å²) in [6.07, 6.45) is 0. The van der Waals surface area contributed by atoms with E-state index in [-0.39, 0.29) is 23.1 Å². The molecule has 8 nitrogen and oxygen atoms in total. The Morgan fingerprint density at radius 2 is 1.72 bits per heavy atom. The highest BCUT2D eigenvalue weighted by Crippen LogP contribution is 2.32. The molecule has 0 bridgehead atoms. The van der Waals surface area contributed by atoms with Gasteiger partial charge in [0, 0.05) is 36.0 Å². The lowest BCUT2D eigenvalue weighted by molar-refractivity contribution is 0.101. The molecule has 150 valence electrons. The van der Waals surface area contributed by atoms with Crippen LogP contribution in [0.15, 0.2) is 53.7 Å². The first kappa shape index (κ1) is 19.0. The fraction of sp³-hybridized carbons (Fsp3) is 0.200. The number of carbonyl (C=O) groups excluding carboxylic acids is 1. The van der Waals surface area contributed by atoms with E-state index in [2.05, 4.69) is 10.3 Å². The van der Waals surface area contributed by atoms with E-state index in [9.17, 15) is 13.2 Å². The van der Waals surface area contributed by atoms with Crippen LogP contribution in [0.3, 0.4) is 0 Å². The van der Waals surface area contributed by atoms with E-state index in [1.165, 1.54) is 18.8 Å². The van der Waals surface area contributed by atoms with Crippen LogP contribution in [0.25, 0.3) is 11.3 Å². The molecule has 1 amide bonds. The number of ether oxygens (including phenoxy) is 2. The largest absolute Gasteiger partial charge is 0.497 e. The normalized spacial score (nSPS) is 14.3. The molecule has 3 aromatic rings. The Morgan fingerprint density at radius 3 is 2.34 bits per heavy atom. The summed E-state index contributed by atoms with van der Waals surface area (Å²) in [5.74, 6) is 0.501. The average molecular weight is 413 g/mol. The van der Waals surface area contributed by atoms with Crippen LogP contribution in [0.5, 0.6) is 11.5 Å². The number of sulfone groups is 1. The smallest absolute Gasteiger partial charge is 0.274 e. The molecular formula is C20H19N3O5S. The van der Waals surface area contributed by atoms with Crippen molar-refractivity contribution in [3.63, 3.8) is 0 Å². The van der Waals surface area contributed by atoms with Crippen molar-refractivity contribution in [2.24, 2.45) is 0 Å². The number of aromatic nitrogens is 2. The van der Waals surface area contributed by atoms with Crippen LogP contribution in [-0.4, -0.2) is 43.8 Å². The van der Waals surface area contributed by atoms with Gasteiger partial charge < -0.3 is 19.4 Å². The zero-order valence-electron chi connectivity index (χ0n) is 15.9. The van der Waals surface area contributed by atoms with Gasteiger partial charge in [-0.1, -0.05) is 30.3 Å². The Hall–Kier alpha value is -3.33. The van der Waals surface area contributed by atoms with Gasteiger partial charge in [0.25, 0.3) is 5.91 Å². The zero-order chi connectivity index (χ0) is 20.6. The maximum absolute atomic E-state index is 13.2. The molecule has 1 aliphatic rings. The number of fused-ring (bicyclic) bond motifs is 1. The molecule has 9 heteroatoms. The highest BCUT2D eigenvalue weighted by atomic mass is 32.2. The number of amides is 1. The molecule has 29 heavy (non-hydrogen) atoms. The van der Waals surface area contributed by atoms with Gasteiger partial charge in [0.15, 0.2) is 0 Å². The summed E-state index contributed by atoms with van der Waals surface area (Å²) in [6.45, 7) is 0.182. The first-order valence-corrected chi connectivity index (χ1v) is 10.5. The standard InChI is InChI=1S/C20H19N3O5S/c1-27-15-10-14(11-16(12-15)28-2)21-19(24)18-17(13-6-4-3-5-7-13)22-20-23(18)8-9-29(20,25)26/h3-7,10-12H,8-9H2,1-2H3,(H,21,24). The minimum atomic E-state index is -3.51. The van der Waals surface area contributed by atoms with Gasteiger partial charge in [-0.05, 0) is 0 Å². The molecule has 0 atom stereocenters.